The minimum atomic E-state index is -1.51. The van der Waals surface area contributed by atoms with E-state index in [1.807, 2.05) is 74.5 Å². The third-order valence-electron chi connectivity index (χ3n) is 8.40. The number of benzene rings is 2. The fraction of sp³-hybridized carbons (Fsp3) is 0.529. The van der Waals surface area contributed by atoms with E-state index >= 15 is 0 Å². The number of Topliss-reactive ketones (excluding diaryl/α,β-unsaturated/α-hetero) is 1. The first-order valence-corrected chi connectivity index (χ1v) is 16.3. The number of hydrogen-bond donors (Lipinski definition) is 6. The van der Waals surface area contributed by atoms with Gasteiger partial charge in [0.25, 0.3) is 0 Å². The van der Waals surface area contributed by atoms with Crippen molar-refractivity contribution in [3.63, 3.8) is 0 Å². The first-order valence-electron chi connectivity index (χ1n) is 16.3. The second-order valence-corrected chi connectivity index (χ2v) is 12.8. The van der Waals surface area contributed by atoms with Crippen molar-refractivity contribution < 1.29 is 29.2 Å². The second kappa shape index (κ2) is 18.5. The van der Waals surface area contributed by atoms with Crippen LogP contribution in [0, 0.1) is 11.8 Å². The van der Waals surface area contributed by atoms with Gasteiger partial charge in [0.1, 0.15) is 6.04 Å². The molecule has 0 aliphatic carbocycles. The lowest BCUT2D eigenvalue weighted by molar-refractivity contribution is -0.141. The number of nitrogens with zero attached hydrogens (tertiary/aromatic N) is 1. The van der Waals surface area contributed by atoms with Crippen molar-refractivity contribution in [2.45, 2.75) is 82.7 Å². The van der Waals surface area contributed by atoms with Crippen molar-refractivity contribution in [3.05, 3.63) is 71.8 Å². The highest BCUT2D eigenvalue weighted by molar-refractivity contribution is 6.43. The Hall–Kier alpha value is -3.58. The lowest BCUT2D eigenvalue weighted by Gasteiger charge is -2.41. The molecule has 1 saturated heterocycles. The Morgan fingerprint density at radius 3 is 1.98 bits per heavy atom. The highest BCUT2D eigenvalue weighted by Crippen LogP contribution is 2.25. The smallest absolute Gasteiger partial charge is 0.427 e. The number of rotatable bonds is 19. The van der Waals surface area contributed by atoms with E-state index in [1.165, 1.54) is 4.90 Å². The zero-order valence-electron chi connectivity index (χ0n) is 27.0. The van der Waals surface area contributed by atoms with Crippen LogP contribution in [0.5, 0.6) is 0 Å². The third-order valence-corrected chi connectivity index (χ3v) is 8.40. The topological polar surface area (TPSA) is 188 Å². The molecule has 12 heteroatoms. The molecule has 1 aliphatic rings. The molecule has 8 N–H and O–H groups in total. The average molecular weight is 636 g/mol. The molecular formula is C34H50BN5O6. The van der Waals surface area contributed by atoms with Crippen LogP contribution >= 0.6 is 0 Å². The molecule has 0 radical (unpaired) electrons. The summed E-state index contributed by atoms with van der Waals surface area (Å²) >= 11 is 0. The highest BCUT2D eigenvalue weighted by Gasteiger charge is 2.41. The van der Waals surface area contributed by atoms with Gasteiger partial charge in [-0.2, -0.15) is 0 Å². The zero-order chi connectivity index (χ0) is 33.6. The maximum Gasteiger partial charge on any atom is 0.458 e. The van der Waals surface area contributed by atoms with E-state index in [2.05, 4.69) is 10.6 Å². The monoisotopic (exact) mass is 635 g/mol. The molecule has 46 heavy (non-hydrogen) atoms. The lowest BCUT2D eigenvalue weighted by atomic mass is 9.68. The average Bonchev–Trinajstić information content (AvgIpc) is 2.99. The number of nitrogens with one attached hydrogen (secondary N) is 2. The predicted molar refractivity (Wildman–Crippen MR) is 178 cm³/mol. The largest absolute Gasteiger partial charge is 0.458 e. The molecule has 1 heterocycles. The van der Waals surface area contributed by atoms with Gasteiger partial charge in [0.15, 0.2) is 5.78 Å². The van der Waals surface area contributed by atoms with Crippen LogP contribution in [0.2, 0.25) is 5.82 Å². The van der Waals surface area contributed by atoms with Gasteiger partial charge < -0.3 is 37.0 Å². The molecule has 0 unspecified atom stereocenters. The molecule has 0 aromatic heterocycles. The summed E-state index contributed by atoms with van der Waals surface area (Å²) in [6.07, 6.45) is 2.51. The number of unbranched alkanes of at least 4 members (excludes halogenated alkanes) is 1. The first-order chi connectivity index (χ1) is 22.0. The van der Waals surface area contributed by atoms with Crippen molar-refractivity contribution in [2.75, 3.05) is 19.6 Å². The summed E-state index contributed by atoms with van der Waals surface area (Å²) < 4.78 is 0. The summed E-state index contributed by atoms with van der Waals surface area (Å²) in [6.45, 7) is 4.76. The van der Waals surface area contributed by atoms with Gasteiger partial charge >= 0.3 is 7.12 Å². The van der Waals surface area contributed by atoms with E-state index in [0.29, 0.717) is 38.6 Å². The molecule has 2 aromatic rings. The number of carbonyl (C=O) groups is 4. The number of hydrogen-bond acceptors (Lipinski definition) is 8. The molecule has 1 fully saturated rings. The van der Waals surface area contributed by atoms with Crippen LogP contribution in [0.4, 0.5) is 0 Å². The van der Waals surface area contributed by atoms with E-state index in [-0.39, 0.29) is 43.5 Å². The minimum Gasteiger partial charge on any atom is -0.427 e. The van der Waals surface area contributed by atoms with Gasteiger partial charge in [0, 0.05) is 31.2 Å². The molecule has 3 rings (SSSR count). The Labute approximate surface area is 272 Å². The lowest BCUT2D eigenvalue weighted by Crippen LogP contribution is -2.58. The van der Waals surface area contributed by atoms with Crippen LogP contribution in [0.3, 0.4) is 0 Å². The summed E-state index contributed by atoms with van der Waals surface area (Å²) in [5.41, 5.74) is 13.7. The highest BCUT2D eigenvalue weighted by atomic mass is 16.4. The fourth-order valence-corrected chi connectivity index (χ4v) is 5.71. The minimum absolute atomic E-state index is 0.0820. The summed E-state index contributed by atoms with van der Waals surface area (Å²) in [5.74, 6) is -2.51. The van der Waals surface area contributed by atoms with Gasteiger partial charge in [-0.25, -0.2) is 0 Å². The predicted octanol–water partition coefficient (Wildman–Crippen LogP) is 1.20. The van der Waals surface area contributed by atoms with E-state index in [4.69, 9.17) is 11.5 Å². The number of carbonyl (C=O) groups excluding carboxylic acids is 4. The Kier molecular flexibility index (Phi) is 14.9. The van der Waals surface area contributed by atoms with E-state index in [0.717, 1.165) is 11.1 Å². The van der Waals surface area contributed by atoms with E-state index < -0.39 is 48.8 Å². The molecule has 4 atom stereocenters. The van der Waals surface area contributed by atoms with Crippen LogP contribution in [0.25, 0.3) is 0 Å². The number of amides is 3. The van der Waals surface area contributed by atoms with E-state index in [9.17, 15) is 29.2 Å². The molecule has 1 aliphatic heterocycles. The molecule has 2 aromatic carbocycles. The Bertz CT molecular complexity index is 1260. The molecule has 0 spiro atoms. The van der Waals surface area contributed by atoms with E-state index in [1.54, 1.807) is 0 Å². The zero-order valence-corrected chi connectivity index (χ0v) is 27.0. The van der Waals surface area contributed by atoms with Crippen molar-refractivity contribution in [1.29, 1.82) is 0 Å². The molecule has 250 valence electrons. The maximum absolute atomic E-state index is 13.9. The van der Waals surface area contributed by atoms with Crippen LogP contribution in [0.15, 0.2) is 60.7 Å². The summed E-state index contributed by atoms with van der Waals surface area (Å²) in [5, 5.41) is 24.6. The Balaban J connectivity index is 1.74. The number of likely N-dealkylation sites (tertiary alicyclic amines) is 1. The standard InChI is InChI=1S/C34H50BN5O6/c1-23(2)17-26(32(42)38-29(15-9-10-16-36)34(44)40-21-27(22-40)35(45)46)20-31(41)30(19-25-13-7-4-8-14-25)39-33(43)28(37)18-24-11-5-3-6-12-24/h3-8,11-14,23,26-30,45-46H,9-10,15-22,36-37H2,1-2H3,(H,38,42)(H,39,43)/t26-,28+,29+,30+/m0/s1. The van der Waals surface area contributed by atoms with Gasteiger partial charge in [-0.3, -0.25) is 19.2 Å². The Morgan fingerprint density at radius 2 is 1.43 bits per heavy atom. The van der Waals surface area contributed by atoms with Crippen molar-refractivity contribution in [2.24, 2.45) is 23.3 Å². The second-order valence-electron chi connectivity index (χ2n) is 12.8. The molecule has 11 nitrogen and oxygen atoms in total. The molecular weight excluding hydrogens is 585 g/mol. The Morgan fingerprint density at radius 1 is 0.870 bits per heavy atom. The number of ketones is 1. The van der Waals surface area contributed by atoms with Gasteiger partial charge in [-0.1, -0.05) is 74.5 Å². The van der Waals surface area contributed by atoms with Crippen LogP contribution in [-0.4, -0.2) is 83.3 Å². The fourth-order valence-electron chi connectivity index (χ4n) is 5.71. The van der Waals surface area contributed by atoms with Gasteiger partial charge in [0.05, 0.1) is 12.1 Å². The quantitative estimate of drug-likeness (QED) is 0.0981. The SMILES string of the molecule is CC(C)C[C@@H](CC(=O)[C@@H](Cc1ccccc1)NC(=O)[C@H](N)Cc1ccccc1)C(=O)N[C@H](CCCCN)C(=O)N1CC(B(O)O)C1. The van der Waals surface area contributed by atoms with Crippen LogP contribution in [-0.2, 0) is 32.0 Å². The first kappa shape index (κ1) is 36.9. The summed E-state index contributed by atoms with van der Waals surface area (Å²) in [7, 11) is -1.51. The van der Waals surface area contributed by atoms with Crippen LogP contribution < -0.4 is 22.1 Å². The van der Waals surface area contributed by atoms with Crippen molar-refractivity contribution in [3.8, 4) is 0 Å². The van der Waals surface area contributed by atoms with Gasteiger partial charge in [-0.05, 0) is 62.1 Å². The van der Waals surface area contributed by atoms with Gasteiger partial charge in [-0.15, -0.1) is 0 Å². The summed E-state index contributed by atoms with van der Waals surface area (Å²) in [6, 6.07) is 16.2. The third kappa shape index (κ3) is 11.7. The molecule has 0 bridgehead atoms. The van der Waals surface area contributed by atoms with Crippen molar-refractivity contribution in [1.82, 2.24) is 15.5 Å². The van der Waals surface area contributed by atoms with Gasteiger partial charge in [0.2, 0.25) is 17.7 Å². The number of nitrogens with two attached hydrogens (primary N) is 2. The maximum atomic E-state index is 13.9. The summed E-state index contributed by atoms with van der Waals surface area (Å²) in [4.78, 5) is 55.6. The molecule has 3 amide bonds. The molecule has 0 saturated carbocycles. The van der Waals surface area contributed by atoms with Crippen LogP contribution in [0.1, 0.15) is 57.1 Å². The van der Waals surface area contributed by atoms with Crippen molar-refractivity contribution >= 4 is 30.6 Å². The normalized spacial score (nSPS) is 15.8.